The second-order valence-corrected chi connectivity index (χ2v) is 9.06. The molecule has 7 heteroatoms. The highest BCUT2D eigenvalue weighted by molar-refractivity contribution is 5.37. The third-order valence-electron chi connectivity index (χ3n) is 6.12. The summed E-state index contributed by atoms with van der Waals surface area (Å²) in [5, 5.41) is 0. The van der Waals surface area contributed by atoms with Crippen molar-refractivity contribution in [3.8, 4) is 0 Å². The summed E-state index contributed by atoms with van der Waals surface area (Å²) in [7, 11) is 2.06. The first-order chi connectivity index (χ1) is 15.7. The smallest absolute Gasteiger partial charge is 0.225 e. The lowest BCUT2D eigenvalue weighted by Crippen LogP contribution is -2.45. The van der Waals surface area contributed by atoms with Gasteiger partial charge in [-0.15, -0.1) is 0 Å². The van der Waals surface area contributed by atoms with Crippen LogP contribution in [0.25, 0.3) is 0 Å². The van der Waals surface area contributed by atoms with Gasteiger partial charge < -0.3 is 21.3 Å². The van der Waals surface area contributed by atoms with E-state index in [1.165, 1.54) is 12.0 Å². The predicted octanol–water partition coefficient (Wildman–Crippen LogP) is 4.30. The Morgan fingerprint density at radius 1 is 1.09 bits per heavy atom. The SMILES string of the molecule is CCC.CCCN(CC)Cc1c(C)nc(N2CCC(N(C)/C(N)=C/C(C)=C\N)CC2)nc1C. The van der Waals surface area contributed by atoms with Crippen LogP contribution in [0.15, 0.2) is 23.7 Å². The van der Waals surface area contributed by atoms with Gasteiger partial charge >= 0.3 is 0 Å². The molecule has 0 radical (unpaired) electrons. The first-order valence-corrected chi connectivity index (χ1v) is 12.6. The van der Waals surface area contributed by atoms with Crippen LogP contribution < -0.4 is 16.4 Å². The van der Waals surface area contributed by atoms with Gasteiger partial charge in [0.2, 0.25) is 5.95 Å². The highest BCUT2D eigenvalue weighted by Gasteiger charge is 2.25. The standard InChI is InChI=1S/C23H41N7.C3H8/c1-7-11-29(8-2)16-21-18(4)26-23(27-19(21)5)30-12-9-20(10-13-30)28(6)22(25)14-17(3)15-24;1-3-2/h14-15,20H,7-13,16,24-25H2,1-6H3;3H2,1-2H3/b17-15-,22-14+;. The number of piperidine rings is 1. The fourth-order valence-corrected chi connectivity index (χ4v) is 4.03. The molecule has 0 unspecified atom stereocenters. The molecule has 1 aliphatic rings. The van der Waals surface area contributed by atoms with Crippen molar-refractivity contribution >= 4 is 5.95 Å². The van der Waals surface area contributed by atoms with Gasteiger partial charge in [0, 0.05) is 49.7 Å². The normalized spacial score (nSPS) is 15.5. The first-order valence-electron chi connectivity index (χ1n) is 12.6. The lowest BCUT2D eigenvalue weighted by atomic mass is 10.0. The lowest BCUT2D eigenvalue weighted by Gasteiger charge is -2.38. The topological polar surface area (TPSA) is 87.5 Å². The van der Waals surface area contributed by atoms with E-state index in [0.29, 0.717) is 6.04 Å². The zero-order valence-corrected chi connectivity index (χ0v) is 22.5. The van der Waals surface area contributed by atoms with Gasteiger partial charge in [0.1, 0.15) is 0 Å². The lowest BCUT2D eigenvalue weighted by molar-refractivity contribution is 0.254. The number of hydrogen-bond donors (Lipinski definition) is 2. The summed E-state index contributed by atoms with van der Waals surface area (Å²) in [5.74, 6) is 1.62. The Bertz CT molecular complexity index is 741. The third-order valence-corrected chi connectivity index (χ3v) is 6.12. The highest BCUT2D eigenvalue weighted by Crippen LogP contribution is 2.23. The second-order valence-electron chi connectivity index (χ2n) is 9.06. The van der Waals surface area contributed by atoms with Crippen LogP contribution in [-0.2, 0) is 6.54 Å². The predicted molar refractivity (Wildman–Crippen MR) is 142 cm³/mol. The number of anilines is 1. The van der Waals surface area contributed by atoms with Crippen molar-refractivity contribution < 1.29 is 0 Å². The number of allylic oxidation sites excluding steroid dienone is 2. The molecule has 0 saturated carbocycles. The molecule has 4 N–H and O–H groups in total. The number of aromatic nitrogens is 2. The Balaban J connectivity index is 0.00000172. The Hall–Kier alpha value is -2.28. The van der Waals surface area contributed by atoms with Gasteiger partial charge in [-0.3, -0.25) is 4.90 Å². The molecule has 0 spiro atoms. The molecular weight excluding hydrogens is 410 g/mol. The molecule has 33 heavy (non-hydrogen) atoms. The fourth-order valence-electron chi connectivity index (χ4n) is 4.03. The molecule has 1 aliphatic heterocycles. The molecular formula is C26H49N7. The summed E-state index contributed by atoms with van der Waals surface area (Å²) in [6, 6.07) is 0.414. The molecule has 0 amide bonds. The van der Waals surface area contributed by atoms with Crippen LogP contribution in [0.2, 0.25) is 0 Å². The molecule has 0 aromatic carbocycles. The van der Waals surface area contributed by atoms with Crippen molar-refractivity contribution in [2.45, 2.75) is 86.7 Å². The second kappa shape index (κ2) is 14.8. The van der Waals surface area contributed by atoms with E-state index in [-0.39, 0.29) is 0 Å². The maximum absolute atomic E-state index is 6.25. The monoisotopic (exact) mass is 459 g/mol. The van der Waals surface area contributed by atoms with E-state index in [4.69, 9.17) is 21.4 Å². The quantitative estimate of drug-likeness (QED) is 0.532. The Labute approximate surface area is 202 Å². The minimum atomic E-state index is 0.414. The zero-order chi connectivity index (χ0) is 25.0. The fraction of sp³-hybridized carbons (Fsp3) is 0.692. The zero-order valence-electron chi connectivity index (χ0n) is 22.5. The molecule has 1 aromatic rings. The Kier molecular flexibility index (Phi) is 12.9. The van der Waals surface area contributed by atoms with Crippen LogP contribution in [0.3, 0.4) is 0 Å². The summed E-state index contributed by atoms with van der Waals surface area (Å²) in [6.45, 7) is 19.8. The van der Waals surface area contributed by atoms with Crippen molar-refractivity contribution in [1.82, 2.24) is 19.8 Å². The van der Waals surface area contributed by atoms with Crippen molar-refractivity contribution in [1.29, 1.82) is 0 Å². The number of hydrogen-bond acceptors (Lipinski definition) is 7. The number of nitrogens with two attached hydrogens (primary N) is 2. The van der Waals surface area contributed by atoms with Crippen LogP contribution in [0.5, 0.6) is 0 Å². The number of aryl methyl sites for hydroxylation is 2. The van der Waals surface area contributed by atoms with E-state index < -0.39 is 0 Å². The van der Waals surface area contributed by atoms with Crippen LogP contribution in [0.4, 0.5) is 5.95 Å². The van der Waals surface area contributed by atoms with Gasteiger partial charge in [0.25, 0.3) is 0 Å². The van der Waals surface area contributed by atoms with Gasteiger partial charge in [-0.05, 0) is 71.0 Å². The highest BCUT2D eigenvalue weighted by atomic mass is 15.3. The molecule has 188 valence electrons. The van der Waals surface area contributed by atoms with E-state index in [0.717, 1.165) is 80.7 Å². The van der Waals surface area contributed by atoms with E-state index in [1.807, 2.05) is 13.0 Å². The van der Waals surface area contributed by atoms with E-state index >= 15 is 0 Å². The van der Waals surface area contributed by atoms with Gasteiger partial charge in [-0.2, -0.15) is 0 Å². The summed E-state index contributed by atoms with van der Waals surface area (Å²) >= 11 is 0. The molecule has 0 aliphatic carbocycles. The largest absolute Gasteiger partial charge is 0.404 e. The van der Waals surface area contributed by atoms with Crippen molar-refractivity contribution in [3.63, 3.8) is 0 Å². The van der Waals surface area contributed by atoms with E-state index in [9.17, 15) is 0 Å². The molecule has 2 heterocycles. The number of nitrogens with zero attached hydrogens (tertiary/aromatic N) is 5. The maximum Gasteiger partial charge on any atom is 0.225 e. The van der Waals surface area contributed by atoms with Gasteiger partial charge in [-0.1, -0.05) is 34.1 Å². The van der Waals surface area contributed by atoms with Crippen LogP contribution in [0, 0.1) is 13.8 Å². The van der Waals surface area contributed by atoms with E-state index in [1.54, 1.807) is 6.20 Å². The van der Waals surface area contributed by atoms with Crippen molar-refractivity contribution in [2.75, 3.05) is 38.1 Å². The summed E-state index contributed by atoms with van der Waals surface area (Å²) in [4.78, 5) is 16.7. The van der Waals surface area contributed by atoms with E-state index in [2.05, 4.69) is 63.3 Å². The molecule has 2 rings (SSSR count). The molecule has 1 saturated heterocycles. The van der Waals surface area contributed by atoms with Gasteiger partial charge in [0.05, 0.1) is 5.82 Å². The molecule has 0 atom stereocenters. The van der Waals surface area contributed by atoms with Gasteiger partial charge in [0.15, 0.2) is 0 Å². The summed E-state index contributed by atoms with van der Waals surface area (Å²) < 4.78 is 0. The third kappa shape index (κ3) is 8.88. The maximum atomic E-state index is 6.25. The first kappa shape index (κ1) is 28.8. The van der Waals surface area contributed by atoms with Crippen LogP contribution in [-0.4, -0.2) is 59.0 Å². The molecule has 0 bridgehead atoms. The summed E-state index contributed by atoms with van der Waals surface area (Å²) in [6.07, 6.45) is 7.98. The number of rotatable bonds is 9. The van der Waals surface area contributed by atoms with Crippen LogP contribution in [0.1, 0.15) is 77.3 Å². The van der Waals surface area contributed by atoms with Crippen LogP contribution >= 0.6 is 0 Å². The average Bonchev–Trinajstić information content (AvgIpc) is 2.80. The minimum Gasteiger partial charge on any atom is -0.404 e. The minimum absolute atomic E-state index is 0.414. The Morgan fingerprint density at radius 3 is 2.09 bits per heavy atom. The Morgan fingerprint density at radius 2 is 1.64 bits per heavy atom. The average molecular weight is 460 g/mol. The molecule has 1 fully saturated rings. The van der Waals surface area contributed by atoms with Crippen molar-refractivity contribution in [3.05, 3.63) is 40.6 Å². The van der Waals surface area contributed by atoms with Gasteiger partial charge in [-0.25, -0.2) is 9.97 Å². The molecule has 7 nitrogen and oxygen atoms in total. The summed E-state index contributed by atoms with van der Waals surface area (Å²) in [5.41, 5.74) is 16.2. The molecule has 1 aromatic heterocycles. The van der Waals surface area contributed by atoms with Crippen molar-refractivity contribution in [2.24, 2.45) is 11.5 Å².